The number of aromatic amines is 1. The Labute approximate surface area is 148 Å². The third kappa shape index (κ3) is 4.78. The monoisotopic (exact) mass is 362 g/mol. The maximum Gasteiger partial charge on any atom is 0.272 e. The minimum Gasteiger partial charge on any atom is -0.379 e. The van der Waals surface area contributed by atoms with E-state index >= 15 is 0 Å². The van der Waals surface area contributed by atoms with Crippen LogP contribution in [0.1, 0.15) is 12.0 Å². The smallest absolute Gasteiger partial charge is 0.272 e. The second kappa shape index (κ2) is 8.42. The van der Waals surface area contributed by atoms with Crippen LogP contribution in [0.5, 0.6) is 0 Å². The fourth-order valence-corrected chi connectivity index (χ4v) is 4.15. The van der Waals surface area contributed by atoms with E-state index in [4.69, 9.17) is 4.74 Å². The fraction of sp³-hybridized carbons (Fsp3) is 0.389. The second-order valence-electron chi connectivity index (χ2n) is 5.97. The average Bonchev–Trinajstić information content (AvgIpc) is 2.67. The van der Waals surface area contributed by atoms with E-state index < -0.39 is 10.0 Å². The van der Waals surface area contributed by atoms with Crippen molar-refractivity contribution in [3.63, 3.8) is 0 Å². The summed E-state index contributed by atoms with van der Waals surface area (Å²) in [7, 11) is -3.45. The summed E-state index contributed by atoms with van der Waals surface area (Å²) in [5, 5.41) is 3.29. The molecule has 0 aliphatic carbocycles. The van der Waals surface area contributed by atoms with E-state index in [-0.39, 0.29) is 4.90 Å². The van der Waals surface area contributed by atoms with Crippen molar-refractivity contribution in [1.82, 2.24) is 4.31 Å². The van der Waals surface area contributed by atoms with E-state index in [1.54, 1.807) is 18.3 Å². The number of aromatic nitrogens is 1. The van der Waals surface area contributed by atoms with E-state index in [9.17, 15) is 8.42 Å². The van der Waals surface area contributed by atoms with E-state index in [0.29, 0.717) is 26.3 Å². The van der Waals surface area contributed by atoms with Crippen LogP contribution in [0.3, 0.4) is 0 Å². The van der Waals surface area contributed by atoms with Gasteiger partial charge in [-0.1, -0.05) is 30.3 Å². The van der Waals surface area contributed by atoms with Gasteiger partial charge in [0.25, 0.3) is 5.82 Å². The summed E-state index contributed by atoms with van der Waals surface area (Å²) in [6.45, 7) is 2.53. The third-order valence-corrected chi connectivity index (χ3v) is 6.09. The Hall–Kier alpha value is -1.96. The molecule has 0 atom stereocenters. The lowest BCUT2D eigenvalue weighted by atomic mass is 10.1. The van der Waals surface area contributed by atoms with Gasteiger partial charge >= 0.3 is 0 Å². The largest absolute Gasteiger partial charge is 0.379 e. The Bertz CT molecular complexity index is 758. The number of rotatable bonds is 7. The SMILES string of the molecule is O=S(=O)(c1ccc(NCCCc2ccccc2)[nH+]c1)N1CCOCC1. The number of hydrogen-bond donors (Lipinski definition) is 1. The highest BCUT2D eigenvalue weighted by Crippen LogP contribution is 2.16. The van der Waals surface area contributed by atoms with E-state index in [0.717, 1.165) is 25.2 Å². The van der Waals surface area contributed by atoms with Crippen LogP contribution in [-0.4, -0.2) is 45.6 Å². The molecule has 2 heterocycles. The predicted octanol–water partition coefficient (Wildman–Crippen LogP) is 1.57. The molecule has 0 spiro atoms. The molecule has 6 nitrogen and oxygen atoms in total. The minimum absolute atomic E-state index is 0.282. The van der Waals surface area contributed by atoms with Gasteiger partial charge in [0.05, 0.1) is 19.8 Å². The molecule has 25 heavy (non-hydrogen) atoms. The zero-order valence-corrected chi connectivity index (χ0v) is 15.0. The molecule has 0 amide bonds. The number of sulfonamides is 1. The number of morpholine rings is 1. The van der Waals surface area contributed by atoms with Gasteiger partial charge in [-0.05, 0) is 24.5 Å². The van der Waals surface area contributed by atoms with Crippen LogP contribution in [0, 0.1) is 0 Å². The van der Waals surface area contributed by atoms with Gasteiger partial charge in [-0.2, -0.15) is 4.31 Å². The fourth-order valence-electron chi connectivity index (χ4n) is 2.78. The van der Waals surface area contributed by atoms with Crippen molar-refractivity contribution in [3.8, 4) is 0 Å². The summed E-state index contributed by atoms with van der Waals surface area (Å²) in [5.41, 5.74) is 1.32. The lowest BCUT2D eigenvalue weighted by Crippen LogP contribution is -2.40. The number of benzene rings is 1. The van der Waals surface area contributed by atoms with E-state index in [2.05, 4.69) is 22.4 Å². The topological polar surface area (TPSA) is 72.8 Å². The van der Waals surface area contributed by atoms with Crippen LogP contribution in [0.4, 0.5) is 5.82 Å². The summed E-state index contributed by atoms with van der Waals surface area (Å²) in [4.78, 5) is 3.31. The van der Waals surface area contributed by atoms with Gasteiger partial charge in [-0.15, -0.1) is 0 Å². The quantitative estimate of drug-likeness (QED) is 0.759. The van der Waals surface area contributed by atoms with Crippen molar-refractivity contribution in [3.05, 3.63) is 54.2 Å². The molecular weight excluding hydrogens is 338 g/mol. The first kappa shape index (κ1) is 17.8. The number of nitrogens with one attached hydrogen (secondary N) is 2. The molecular formula is C18H24N3O3S+. The lowest BCUT2D eigenvalue weighted by molar-refractivity contribution is -0.364. The van der Waals surface area contributed by atoms with Crippen molar-refractivity contribution in [2.45, 2.75) is 17.7 Å². The number of hydrogen-bond acceptors (Lipinski definition) is 4. The average molecular weight is 362 g/mol. The molecule has 0 radical (unpaired) electrons. The van der Waals surface area contributed by atoms with E-state index in [1.807, 2.05) is 18.2 Å². The summed E-state index contributed by atoms with van der Waals surface area (Å²) in [6, 6.07) is 13.8. The number of pyridine rings is 1. The Kier molecular flexibility index (Phi) is 6.01. The van der Waals surface area contributed by atoms with Gasteiger partial charge in [0.1, 0.15) is 11.1 Å². The molecule has 3 rings (SSSR count). The van der Waals surface area contributed by atoms with Crippen LogP contribution >= 0.6 is 0 Å². The van der Waals surface area contributed by atoms with Gasteiger partial charge in [-0.25, -0.2) is 13.4 Å². The second-order valence-corrected chi connectivity index (χ2v) is 7.91. The Morgan fingerprint density at radius 2 is 1.84 bits per heavy atom. The van der Waals surface area contributed by atoms with Crippen LogP contribution in [0.15, 0.2) is 53.6 Å². The van der Waals surface area contributed by atoms with Crippen LogP contribution in [0.25, 0.3) is 0 Å². The number of anilines is 1. The molecule has 1 aromatic carbocycles. The molecule has 1 fully saturated rings. The van der Waals surface area contributed by atoms with Crippen molar-refractivity contribution >= 4 is 15.8 Å². The van der Waals surface area contributed by atoms with Gasteiger partial charge < -0.3 is 4.74 Å². The molecule has 0 bridgehead atoms. The third-order valence-electron chi connectivity index (χ3n) is 4.19. The van der Waals surface area contributed by atoms with Crippen molar-refractivity contribution in [2.24, 2.45) is 0 Å². The molecule has 1 aliphatic heterocycles. The zero-order chi connectivity index (χ0) is 17.5. The van der Waals surface area contributed by atoms with Crippen molar-refractivity contribution in [1.29, 1.82) is 0 Å². The summed E-state index contributed by atoms with van der Waals surface area (Å²) >= 11 is 0. The summed E-state index contributed by atoms with van der Waals surface area (Å²) in [6.07, 6.45) is 3.56. The first-order valence-corrected chi connectivity index (χ1v) is 9.98. The highest BCUT2D eigenvalue weighted by molar-refractivity contribution is 7.89. The lowest BCUT2D eigenvalue weighted by Gasteiger charge is -2.25. The minimum atomic E-state index is -3.45. The molecule has 0 saturated carbocycles. The number of ether oxygens (including phenoxy) is 1. The Balaban J connectivity index is 1.51. The van der Waals surface area contributed by atoms with Gasteiger partial charge in [0.15, 0.2) is 0 Å². The van der Waals surface area contributed by atoms with E-state index in [1.165, 1.54) is 9.87 Å². The van der Waals surface area contributed by atoms with Crippen molar-refractivity contribution < 1.29 is 18.1 Å². The number of H-pyrrole nitrogens is 1. The molecule has 1 saturated heterocycles. The Morgan fingerprint density at radius 1 is 1.08 bits per heavy atom. The number of aryl methyl sites for hydroxylation is 1. The molecule has 134 valence electrons. The van der Waals surface area contributed by atoms with Gasteiger partial charge in [-0.3, -0.25) is 5.32 Å². The zero-order valence-electron chi connectivity index (χ0n) is 14.1. The summed E-state index contributed by atoms with van der Waals surface area (Å²) in [5.74, 6) is 0.814. The maximum absolute atomic E-state index is 12.5. The normalized spacial score (nSPS) is 15.8. The summed E-state index contributed by atoms with van der Waals surface area (Å²) < 4.78 is 31.8. The van der Waals surface area contributed by atoms with Gasteiger partial charge in [0, 0.05) is 19.2 Å². The van der Waals surface area contributed by atoms with Crippen LogP contribution < -0.4 is 10.3 Å². The maximum atomic E-state index is 12.5. The number of nitrogens with zero attached hydrogens (tertiary/aromatic N) is 1. The first-order valence-electron chi connectivity index (χ1n) is 8.54. The van der Waals surface area contributed by atoms with Crippen molar-refractivity contribution in [2.75, 3.05) is 38.2 Å². The van der Waals surface area contributed by atoms with Gasteiger partial charge in [0.2, 0.25) is 10.0 Å². The molecule has 1 aromatic heterocycles. The predicted molar refractivity (Wildman–Crippen MR) is 95.8 cm³/mol. The molecule has 2 N–H and O–H groups in total. The standard InChI is InChI=1S/C18H23N3O3S/c22-25(23,21-11-13-24-14-12-21)17-8-9-18(20-15-17)19-10-4-7-16-5-2-1-3-6-16/h1-3,5-6,8-9,15H,4,7,10-14H2,(H,19,20)/p+1. The Morgan fingerprint density at radius 3 is 2.52 bits per heavy atom. The molecule has 7 heteroatoms. The van der Waals surface area contributed by atoms with Crippen LogP contribution in [-0.2, 0) is 21.2 Å². The molecule has 0 unspecified atom stereocenters. The molecule has 1 aliphatic rings. The highest BCUT2D eigenvalue weighted by atomic mass is 32.2. The highest BCUT2D eigenvalue weighted by Gasteiger charge is 2.27. The van der Waals surface area contributed by atoms with Crippen LogP contribution in [0.2, 0.25) is 0 Å². The first-order chi connectivity index (χ1) is 12.2. The molecule has 2 aromatic rings.